The molecule has 1 aromatic heterocycles. The fraction of sp³-hybridized carbons (Fsp3) is 0.714. The van der Waals surface area contributed by atoms with E-state index in [0.29, 0.717) is 12.0 Å². The number of rotatable bonds is 3. The van der Waals surface area contributed by atoms with E-state index in [9.17, 15) is 0 Å². The van der Waals surface area contributed by atoms with E-state index in [1.165, 1.54) is 17.7 Å². The van der Waals surface area contributed by atoms with E-state index < -0.39 is 0 Å². The van der Waals surface area contributed by atoms with E-state index >= 15 is 0 Å². The molecule has 1 aromatic rings. The van der Waals surface area contributed by atoms with Gasteiger partial charge in [0.15, 0.2) is 0 Å². The summed E-state index contributed by atoms with van der Waals surface area (Å²) in [5.74, 6) is 0.659. The molecule has 2 N–H and O–H groups in total. The van der Waals surface area contributed by atoms with Gasteiger partial charge in [0.2, 0.25) is 0 Å². The number of halogens is 2. The van der Waals surface area contributed by atoms with Gasteiger partial charge < -0.3 is 5.73 Å². The zero-order valence-electron chi connectivity index (χ0n) is 11.5. The molecule has 5 heteroatoms. The standard InChI is InChI=1S/C14H22BrClN2S/c1-9(2)8-18-6-4-3-5-11(17)13(18)12-7-10(15)14(16)19-12/h7,9,11,13H,3-6,8,17H2,1-2H3. The fourth-order valence-electron chi connectivity index (χ4n) is 2.84. The molecular weight excluding hydrogens is 344 g/mol. The summed E-state index contributed by atoms with van der Waals surface area (Å²) in [6, 6.07) is 2.68. The summed E-state index contributed by atoms with van der Waals surface area (Å²) in [6.07, 6.45) is 3.58. The summed E-state index contributed by atoms with van der Waals surface area (Å²) in [5, 5.41) is 0. The quantitative estimate of drug-likeness (QED) is 0.843. The normalized spacial score (nSPS) is 25.8. The van der Waals surface area contributed by atoms with Crippen molar-refractivity contribution in [2.24, 2.45) is 11.7 Å². The van der Waals surface area contributed by atoms with E-state index in [2.05, 4.69) is 40.7 Å². The van der Waals surface area contributed by atoms with Crippen molar-refractivity contribution in [1.82, 2.24) is 4.90 Å². The molecular formula is C14H22BrClN2S. The van der Waals surface area contributed by atoms with Crippen LogP contribution in [0.25, 0.3) is 0 Å². The second-order valence-corrected chi connectivity index (χ2v) is 8.30. The summed E-state index contributed by atoms with van der Waals surface area (Å²) in [6.45, 7) is 6.78. The Hall–Kier alpha value is 0.390. The molecule has 1 aliphatic heterocycles. The topological polar surface area (TPSA) is 29.3 Å². The van der Waals surface area contributed by atoms with Crippen molar-refractivity contribution in [2.75, 3.05) is 13.1 Å². The minimum Gasteiger partial charge on any atom is -0.326 e. The van der Waals surface area contributed by atoms with Crippen LogP contribution in [-0.4, -0.2) is 24.0 Å². The lowest BCUT2D eigenvalue weighted by atomic mass is 10.0. The Bertz CT molecular complexity index is 402. The van der Waals surface area contributed by atoms with Crippen LogP contribution in [0.15, 0.2) is 10.5 Å². The predicted octanol–water partition coefficient (Wildman–Crippen LogP) is 4.67. The predicted molar refractivity (Wildman–Crippen MR) is 88.0 cm³/mol. The molecule has 108 valence electrons. The molecule has 2 nitrogen and oxygen atoms in total. The highest BCUT2D eigenvalue weighted by molar-refractivity contribution is 9.10. The van der Waals surface area contributed by atoms with Gasteiger partial charge in [-0.2, -0.15) is 0 Å². The molecule has 2 rings (SSSR count). The number of hydrogen-bond donors (Lipinski definition) is 1. The van der Waals surface area contributed by atoms with Gasteiger partial charge in [-0.25, -0.2) is 0 Å². The Balaban J connectivity index is 2.28. The lowest BCUT2D eigenvalue weighted by molar-refractivity contribution is 0.168. The van der Waals surface area contributed by atoms with Crippen molar-refractivity contribution in [3.63, 3.8) is 0 Å². The molecule has 1 saturated heterocycles. The SMILES string of the molecule is CC(C)CN1CCCCC(N)C1c1cc(Br)c(Cl)s1. The Labute approximate surface area is 133 Å². The largest absolute Gasteiger partial charge is 0.326 e. The first-order chi connectivity index (χ1) is 8.99. The molecule has 1 fully saturated rings. The molecule has 2 unspecified atom stereocenters. The molecule has 2 heterocycles. The van der Waals surface area contributed by atoms with Crippen molar-refractivity contribution < 1.29 is 0 Å². The van der Waals surface area contributed by atoms with E-state index in [1.54, 1.807) is 11.3 Å². The maximum atomic E-state index is 6.44. The van der Waals surface area contributed by atoms with Gasteiger partial charge in [0, 0.05) is 21.9 Å². The number of hydrogen-bond acceptors (Lipinski definition) is 3. The average Bonchev–Trinajstić information content (AvgIpc) is 2.54. The molecule has 0 spiro atoms. The summed E-state index contributed by atoms with van der Waals surface area (Å²) in [4.78, 5) is 3.85. The maximum Gasteiger partial charge on any atom is 0.107 e. The van der Waals surface area contributed by atoms with E-state index in [4.69, 9.17) is 17.3 Å². The van der Waals surface area contributed by atoms with Crippen LogP contribution in [0.2, 0.25) is 4.34 Å². The molecule has 0 saturated carbocycles. The van der Waals surface area contributed by atoms with Crippen LogP contribution in [0.5, 0.6) is 0 Å². The molecule has 1 aliphatic rings. The summed E-state index contributed by atoms with van der Waals surface area (Å²) in [5.41, 5.74) is 6.44. The third-order valence-electron chi connectivity index (χ3n) is 3.59. The molecule has 0 aliphatic carbocycles. The Morgan fingerprint density at radius 1 is 1.53 bits per heavy atom. The van der Waals surface area contributed by atoms with Crippen molar-refractivity contribution in [2.45, 2.75) is 45.2 Å². The molecule has 0 radical (unpaired) electrons. The van der Waals surface area contributed by atoms with Gasteiger partial charge in [0.25, 0.3) is 0 Å². The first kappa shape index (κ1) is 15.8. The Morgan fingerprint density at radius 2 is 2.26 bits per heavy atom. The van der Waals surface area contributed by atoms with E-state index in [0.717, 1.165) is 28.3 Å². The fourth-order valence-corrected chi connectivity index (χ4v) is 4.78. The zero-order chi connectivity index (χ0) is 14.0. The highest BCUT2D eigenvalue weighted by atomic mass is 79.9. The van der Waals surface area contributed by atoms with Gasteiger partial charge in [0.05, 0.1) is 6.04 Å². The van der Waals surface area contributed by atoms with Crippen molar-refractivity contribution in [3.8, 4) is 0 Å². The molecule has 19 heavy (non-hydrogen) atoms. The molecule has 0 aromatic carbocycles. The van der Waals surface area contributed by atoms with Crippen LogP contribution in [0.3, 0.4) is 0 Å². The molecule has 0 bridgehead atoms. The minimum atomic E-state index is 0.211. The highest BCUT2D eigenvalue weighted by Crippen LogP contribution is 2.40. The molecule has 0 amide bonds. The highest BCUT2D eigenvalue weighted by Gasteiger charge is 2.30. The second kappa shape index (κ2) is 6.90. The van der Waals surface area contributed by atoms with Crippen LogP contribution in [-0.2, 0) is 0 Å². The third kappa shape index (κ3) is 3.94. The van der Waals surface area contributed by atoms with Crippen LogP contribution in [0, 0.1) is 5.92 Å². The van der Waals surface area contributed by atoms with Gasteiger partial charge in [-0.3, -0.25) is 4.90 Å². The molecule has 2 atom stereocenters. The minimum absolute atomic E-state index is 0.211. The van der Waals surface area contributed by atoms with Crippen molar-refractivity contribution in [3.05, 3.63) is 19.8 Å². The number of nitrogens with two attached hydrogens (primary N) is 1. The van der Waals surface area contributed by atoms with Crippen LogP contribution in [0.4, 0.5) is 0 Å². The van der Waals surface area contributed by atoms with E-state index in [-0.39, 0.29) is 6.04 Å². The monoisotopic (exact) mass is 364 g/mol. The van der Waals surface area contributed by atoms with E-state index in [1.807, 2.05) is 0 Å². The number of likely N-dealkylation sites (tertiary alicyclic amines) is 1. The number of thiophene rings is 1. The maximum absolute atomic E-state index is 6.44. The van der Waals surface area contributed by atoms with Crippen LogP contribution in [0.1, 0.15) is 44.0 Å². The van der Waals surface area contributed by atoms with Crippen molar-refractivity contribution >= 4 is 38.9 Å². The lowest BCUT2D eigenvalue weighted by Crippen LogP contribution is -2.41. The summed E-state index contributed by atoms with van der Waals surface area (Å²) in [7, 11) is 0. The smallest absolute Gasteiger partial charge is 0.107 e. The zero-order valence-corrected chi connectivity index (χ0v) is 14.7. The Morgan fingerprint density at radius 3 is 2.84 bits per heavy atom. The first-order valence-corrected chi connectivity index (χ1v) is 8.92. The summed E-state index contributed by atoms with van der Waals surface area (Å²) < 4.78 is 1.83. The average molecular weight is 366 g/mol. The Kier molecular flexibility index (Phi) is 5.73. The second-order valence-electron chi connectivity index (χ2n) is 5.76. The third-order valence-corrected chi connectivity index (χ3v) is 6.13. The van der Waals surface area contributed by atoms with Gasteiger partial charge in [-0.1, -0.05) is 31.9 Å². The van der Waals surface area contributed by atoms with Crippen LogP contribution >= 0.6 is 38.9 Å². The first-order valence-electron chi connectivity index (χ1n) is 6.93. The van der Waals surface area contributed by atoms with Crippen LogP contribution < -0.4 is 5.73 Å². The van der Waals surface area contributed by atoms with Gasteiger partial charge in [0.1, 0.15) is 4.34 Å². The number of nitrogens with zero attached hydrogens (tertiary/aromatic N) is 1. The van der Waals surface area contributed by atoms with Gasteiger partial charge in [-0.05, 0) is 47.3 Å². The van der Waals surface area contributed by atoms with Crippen molar-refractivity contribution in [1.29, 1.82) is 0 Å². The van der Waals surface area contributed by atoms with Gasteiger partial charge >= 0.3 is 0 Å². The van der Waals surface area contributed by atoms with Gasteiger partial charge in [-0.15, -0.1) is 11.3 Å². The summed E-state index contributed by atoms with van der Waals surface area (Å²) >= 11 is 11.4. The lowest BCUT2D eigenvalue weighted by Gasteiger charge is -2.33.